The van der Waals surface area contributed by atoms with Crippen LogP contribution in [0.3, 0.4) is 0 Å². The average molecular weight is 296 g/mol. The Labute approximate surface area is 117 Å². The van der Waals surface area contributed by atoms with Crippen LogP contribution in [0.25, 0.3) is 0 Å². The fourth-order valence-corrected chi connectivity index (χ4v) is 2.54. The van der Waals surface area contributed by atoms with E-state index in [-0.39, 0.29) is 30.4 Å². The minimum atomic E-state index is -4.21. The quantitative estimate of drug-likeness (QED) is 0.786. The van der Waals surface area contributed by atoms with Gasteiger partial charge in [-0.05, 0) is 26.2 Å². The van der Waals surface area contributed by atoms with Crippen molar-refractivity contribution in [2.75, 3.05) is 26.7 Å². The minimum absolute atomic E-state index is 0.0318. The first-order valence-corrected chi connectivity index (χ1v) is 6.82. The van der Waals surface area contributed by atoms with Gasteiger partial charge in [-0.1, -0.05) is 0 Å². The average Bonchev–Trinajstić information content (AvgIpc) is 2.35. The Morgan fingerprint density at radius 2 is 2.05 bits per heavy atom. The number of esters is 1. The molecule has 0 radical (unpaired) electrons. The molecule has 1 aliphatic heterocycles. The Hall–Kier alpha value is -0.820. The lowest BCUT2D eigenvalue weighted by atomic mass is 9.90. The van der Waals surface area contributed by atoms with E-state index in [4.69, 9.17) is 0 Å². The molecule has 1 N–H and O–H groups in total. The van der Waals surface area contributed by atoms with E-state index in [0.29, 0.717) is 13.0 Å². The third-order valence-corrected chi connectivity index (χ3v) is 3.57. The molecule has 2 unspecified atom stereocenters. The van der Waals surface area contributed by atoms with E-state index < -0.39 is 12.7 Å². The van der Waals surface area contributed by atoms with E-state index >= 15 is 0 Å². The number of methoxy groups -OCH3 is 1. The van der Waals surface area contributed by atoms with Crippen molar-refractivity contribution in [1.29, 1.82) is 0 Å². The van der Waals surface area contributed by atoms with Crippen molar-refractivity contribution in [3.63, 3.8) is 0 Å². The maximum Gasteiger partial charge on any atom is 0.401 e. The van der Waals surface area contributed by atoms with Gasteiger partial charge in [0.2, 0.25) is 0 Å². The van der Waals surface area contributed by atoms with Crippen LogP contribution >= 0.6 is 0 Å². The number of hydrogen-bond donors (Lipinski definition) is 1. The first-order valence-electron chi connectivity index (χ1n) is 6.82. The summed E-state index contributed by atoms with van der Waals surface area (Å²) in [4.78, 5) is 13.4. The zero-order valence-corrected chi connectivity index (χ0v) is 12.2. The summed E-state index contributed by atoms with van der Waals surface area (Å²) in [5.74, 6) is -0.278. The summed E-state index contributed by atoms with van der Waals surface area (Å²) in [6, 6.07) is -0.00642. The van der Waals surface area contributed by atoms with Crippen LogP contribution in [0, 0.1) is 5.92 Å². The summed E-state index contributed by atoms with van der Waals surface area (Å²) in [7, 11) is 1.32. The molecule has 1 aliphatic rings. The van der Waals surface area contributed by atoms with Crippen molar-refractivity contribution in [2.24, 2.45) is 5.92 Å². The van der Waals surface area contributed by atoms with Gasteiger partial charge in [0.05, 0.1) is 13.7 Å². The monoisotopic (exact) mass is 296 g/mol. The molecule has 0 aromatic carbocycles. The van der Waals surface area contributed by atoms with Crippen molar-refractivity contribution < 1.29 is 22.7 Å². The largest absolute Gasteiger partial charge is 0.469 e. The van der Waals surface area contributed by atoms with Gasteiger partial charge in [0.15, 0.2) is 0 Å². The number of nitrogens with one attached hydrogen (secondary N) is 1. The molecular weight excluding hydrogens is 273 g/mol. The Morgan fingerprint density at radius 1 is 1.40 bits per heavy atom. The summed E-state index contributed by atoms with van der Waals surface area (Å²) in [6.45, 7) is 4.31. The van der Waals surface area contributed by atoms with Crippen molar-refractivity contribution in [1.82, 2.24) is 10.2 Å². The maximum atomic E-state index is 12.3. The second kappa shape index (κ2) is 7.26. The number of nitrogens with zero attached hydrogens (tertiary/aromatic N) is 1. The number of carbonyl (C=O) groups excluding carboxylic acids is 1. The van der Waals surface area contributed by atoms with Gasteiger partial charge in [-0.2, -0.15) is 13.2 Å². The van der Waals surface area contributed by atoms with E-state index in [0.717, 1.165) is 6.54 Å². The predicted molar refractivity (Wildman–Crippen MR) is 69.3 cm³/mol. The van der Waals surface area contributed by atoms with Gasteiger partial charge in [0.1, 0.15) is 0 Å². The molecular formula is C13H23F3N2O2. The standard InChI is InChI=1S/C13H23F3N2O2/c1-9(2)18-6-10(5-12(19)20-3)4-11(7-18)17-8-13(14,15)16/h9-11,17H,4-8H2,1-3H3. The van der Waals surface area contributed by atoms with Crippen LogP contribution in [-0.4, -0.2) is 55.9 Å². The second-order valence-electron chi connectivity index (χ2n) is 5.62. The Morgan fingerprint density at radius 3 is 2.55 bits per heavy atom. The zero-order valence-electron chi connectivity index (χ0n) is 12.2. The molecule has 7 heteroatoms. The number of ether oxygens (including phenoxy) is 1. The molecule has 20 heavy (non-hydrogen) atoms. The van der Waals surface area contributed by atoms with E-state index in [1.165, 1.54) is 7.11 Å². The molecule has 1 heterocycles. The number of piperidine rings is 1. The number of halogens is 3. The van der Waals surface area contributed by atoms with Gasteiger partial charge in [-0.25, -0.2) is 0 Å². The third-order valence-electron chi connectivity index (χ3n) is 3.57. The first-order chi connectivity index (χ1) is 9.21. The number of hydrogen-bond acceptors (Lipinski definition) is 4. The van der Waals surface area contributed by atoms with Crippen LogP contribution in [-0.2, 0) is 9.53 Å². The van der Waals surface area contributed by atoms with E-state index in [9.17, 15) is 18.0 Å². The van der Waals surface area contributed by atoms with Gasteiger partial charge in [-0.15, -0.1) is 0 Å². The molecule has 1 fully saturated rings. The van der Waals surface area contributed by atoms with Crippen LogP contribution in [0.4, 0.5) is 13.2 Å². The molecule has 0 aromatic heterocycles. The second-order valence-corrected chi connectivity index (χ2v) is 5.62. The predicted octanol–water partition coefficient (Wildman–Crippen LogP) is 1.80. The molecule has 0 aliphatic carbocycles. The first kappa shape index (κ1) is 17.2. The fourth-order valence-electron chi connectivity index (χ4n) is 2.54. The molecule has 1 rings (SSSR count). The van der Waals surface area contributed by atoms with Crippen LogP contribution in [0.5, 0.6) is 0 Å². The molecule has 4 nitrogen and oxygen atoms in total. The van der Waals surface area contributed by atoms with Gasteiger partial charge in [0.25, 0.3) is 0 Å². The van der Waals surface area contributed by atoms with E-state index in [2.05, 4.69) is 15.0 Å². The summed E-state index contributed by atoms with van der Waals surface area (Å²) in [6.07, 6.45) is -3.39. The van der Waals surface area contributed by atoms with Crippen LogP contribution in [0.15, 0.2) is 0 Å². The lowest BCUT2D eigenvalue weighted by Crippen LogP contribution is -2.53. The summed E-state index contributed by atoms with van der Waals surface area (Å²) >= 11 is 0. The highest BCUT2D eigenvalue weighted by Gasteiger charge is 2.33. The lowest BCUT2D eigenvalue weighted by Gasteiger charge is -2.40. The van der Waals surface area contributed by atoms with Gasteiger partial charge in [0, 0.05) is 31.6 Å². The highest BCUT2D eigenvalue weighted by molar-refractivity contribution is 5.69. The minimum Gasteiger partial charge on any atom is -0.469 e. The molecule has 0 amide bonds. The van der Waals surface area contributed by atoms with E-state index in [1.807, 2.05) is 13.8 Å². The molecule has 0 spiro atoms. The van der Waals surface area contributed by atoms with Crippen LogP contribution in [0.2, 0.25) is 0 Å². The fraction of sp³-hybridized carbons (Fsp3) is 0.923. The smallest absolute Gasteiger partial charge is 0.401 e. The molecule has 118 valence electrons. The van der Waals surface area contributed by atoms with Crippen LogP contribution in [0.1, 0.15) is 26.7 Å². The number of carbonyl (C=O) groups is 1. The van der Waals surface area contributed by atoms with Crippen molar-refractivity contribution >= 4 is 5.97 Å². The lowest BCUT2D eigenvalue weighted by molar-refractivity contribution is -0.142. The number of alkyl halides is 3. The van der Waals surface area contributed by atoms with Gasteiger partial charge in [-0.3, -0.25) is 9.69 Å². The number of likely N-dealkylation sites (tertiary alicyclic amines) is 1. The highest BCUT2D eigenvalue weighted by atomic mass is 19.4. The van der Waals surface area contributed by atoms with Crippen LogP contribution < -0.4 is 5.32 Å². The van der Waals surface area contributed by atoms with E-state index in [1.54, 1.807) is 0 Å². The highest BCUT2D eigenvalue weighted by Crippen LogP contribution is 2.23. The number of rotatable bonds is 5. The van der Waals surface area contributed by atoms with Crippen molar-refractivity contribution in [3.05, 3.63) is 0 Å². The summed E-state index contributed by atoms with van der Waals surface area (Å²) < 4.78 is 41.5. The summed E-state index contributed by atoms with van der Waals surface area (Å²) in [5.41, 5.74) is 0. The summed E-state index contributed by atoms with van der Waals surface area (Å²) in [5, 5.41) is 2.55. The molecule has 0 aromatic rings. The molecule has 0 bridgehead atoms. The molecule has 2 atom stereocenters. The normalized spacial score (nSPS) is 24.9. The molecule has 1 saturated heterocycles. The molecule has 0 saturated carbocycles. The van der Waals surface area contributed by atoms with Gasteiger partial charge < -0.3 is 10.1 Å². The maximum absolute atomic E-state index is 12.3. The topological polar surface area (TPSA) is 41.6 Å². The Balaban J connectivity index is 2.58. The van der Waals surface area contributed by atoms with Crippen molar-refractivity contribution in [2.45, 2.75) is 44.9 Å². The van der Waals surface area contributed by atoms with Crippen molar-refractivity contribution in [3.8, 4) is 0 Å². The zero-order chi connectivity index (χ0) is 15.3. The Kier molecular flexibility index (Phi) is 6.26. The van der Waals surface area contributed by atoms with Gasteiger partial charge >= 0.3 is 12.1 Å². The SMILES string of the molecule is COC(=O)CC1CC(NCC(F)(F)F)CN(C(C)C)C1. The Bertz CT molecular complexity index is 321. The third kappa shape index (κ3) is 6.09.